The minimum Gasteiger partial charge on any atom is -0.363 e. The maximum Gasteiger partial charge on any atom is 0.406 e. The van der Waals surface area contributed by atoms with E-state index in [1.165, 1.54) is 0 Å². The lowest BCUT2D eigenvalue weighted by Crippen LogP contribution is -2.51. The van der Waals surface area contributed by atoms with Crippen molar-refractivity contribution in [1.29, 1.82) is 0 Å². The molecule has 0 aromatic carbocycles. The number of hydrogen-bond acceptors (Lipinski definition) is 6. The Kier molecular flexibility index (Phi) is 5.78. The molecule has 0 bridgehead atoms. The van der Waals surface area contributed by atoms with Crippen LogP contribution in [0.1, 0.15) is 32.1 Å². The molecule has 0 spiro atoms. The largest absolute Gasteiger partial charge is 0.406 e. The first-order valence-electron chi connectivity index (χ1n) is 10.6. The average molecular weight is 426 g/mol. The van der Waals surface area contributed by atoms with Gasteiger partial charge in [-0.05, 0) is 32.1 Å². The van der Waals surface area contributed by atoms with Crippen molar-refractivity contribution in [2.24, 2.45) is 0 Å². The van der Waals surface area contributed by atoms with Crippen molar-refractivity contribution < 1.29 is 18.0 Å². The second-order valence-electron chi connectivity index (χ2n) is 8.71. The van der Waals surface area contributed by atoms with E-state index in [0.717, 1.165) is 55.3 Å². The summed E-state index contributed by atoms with van der Waals surface area (Å²) in [6.45, 7) is 0.479. The first-order chi connectivity index (χ1) is 14.2. The minimum atomic E-state index is -4.34. The van der Waals surface area contributed by atoms with Crippen LogP contribution >= 0.6 is 0 Å². The van der Waals surface area contributed by atoms with Gasteiger partial charge in [0.05, 0.1) is 6.04 Å². The van der Waals surface area contributed by atoms with E-state index >= 15 is 0 Å². The van der Waals surface area contributed by atoms with Gasteiger partial charge < -0.3 is 14.7 Å². The molecule has 2 aliphatic heterocycles. The standard InChI is InChI=1S/C20H29F3N6O/c1-26(2)17-11-18(25-13-24-17)29(14-3-4-14)15-5-8-27(9-6-15)16-7-10-28(19(16)30)12-20(21,22)23/h11,13-16H,3-10,12H2,1-2H3. The fourth-order valence-electron chi connectivity index (χ4n) is 4.66. The Morgan fingerprint density at radius 1 is 1.00 bits per heavy atom. The van der Waals surface area contributed by atoms with Gasteiger partial charge in [0, 0.05) is 51.9 Å². The van der Waals surface area contributed by atoms with E-state index in [0.29, 0.717) is 18.5 Å². The predicted octanol–water partition coefficient (Wildman–Crippen LogP) is 2.14. The molecule has 10 heteroatoms. The number of halogens is 3. The van der Waals surface area contributed by atoms with Gasteiger partial charge in [-0.3, -0.25) is 9.69 Å². The third-order valence-electron chi connectivity index (χ3n) is 6.27. The van der Waals surface area contributed by atoms with Crippen LogP contribution in [-0.2, 0) is 4.79 Å². The topological polar surface area (TPSA) is 55.8 Å². The summed E-state index contributed by atoms with van der Waals surface area (Å²) in [6.07, 6.45) is 1.78. The van der Waals surface area contributed by atoms with Crippen LogP contribution in [0.15, 0.2) is 12.4 Å². The highest BCUT2D eigenvalue weighted by molar-refractivity contribution is 5.84. The molecular weight excluding hydrogens is 397 g/mol. The number of hydrogen-bond donors (Lipinski definition) is 0. The number of alkyl halides is 3. The number of likely N-dealkylation sites (tertiary alicyclic amines) is 2. The van der Waals surface area contributed by atoms with E-state index in [1.807, 2.05) is 25.1 Å². The number of aromatic nitrogens is 2. The molecule has 1 aromatic rings. The number of rotatable bonds is 6. The van der Waals surface area contributed by atoms with Crippen LogP contribution in [0.25, 0.3) is 0 Å². The van der Waals surface area contributed by atoms with Crippen molar-refractivity contribution in [1.82, 2.24) is 19.8 Å². The summed E-state index contributed by atoms with van der Waals surface area (Å²) < 4.78 is 38.1. The lowest BCUT2D eigenvalue weighted by Gasteiger charge is -2.41. The minimum absolute atomic E-state index is 0.186. The highest BCUT2D eigenvalue weighted by atomic mass is 19.4. The zero-order valence-electron chi connectivity index (χ0n) is 17.5. The lowest BCUT2D eigenvalue weighted by molar-refractivity contribution is -0.159. The Morgan fingerprint density at radius 2 is 1.63 bits per heavy atom. The maximum atomic E-state index is 12.7. The van der Waals surface area contributed by atoms with Crippen molar-refractivity contribution in [2.45, 2.75) is 56.4 Å². The summed E-state index contributed by atoms with van der Waals surface area (Å²) in [6, 6.07) is 2.41. The van der Waals surface area contributed by atoms with E-state index in [-0.39, 0.29) is 12.5 Å². The van der Waals surface area contributed by atoms with Gasteiger partial charge >= 0.3 is 6.18 Å². The summed E-state index contributed by atoms with van der Waals surface area (Å²) in [7, 11) is 3.90. The van der Waals surface area contributed by atoms with Crippen LogP contribution in [0.3, 0.4) is 0 Å². The Balaban J connectivity index is 1.39. The quantitative estimate of drug-likeness (QED) is 0.695. The molecule has 1 aliphatic carbocycles. The summed E-state index contributed by atoms with van der Waals surface area (Å²) in [4.78, 5) is 28.7. The second-order valence-corrected chi connectivity index (χ2v) is 8.71. The molecule has 30 heavy (non-hydrogen) atoms. The molecule has 7 nitrogen and oxygen atoms in total. The molecule has 1 saturated carbocycles. The zero-order valence-corrected chi connectivity index (χ0v) is 17.5. The third-order valence-corrected chi connectivity index (χ3v) is 6.27. The molecule has 0 N–H and O–H groups in total. The summed E-state index contributed by atoms with van der Waals surface area (Å²) in [5, 5.41) is 0. The van der Waals surface area contributed by atoms with Gasteiger partial charge in [-0.15, -0.1) is 0 Å². The number of anilines is 2. The summed E-state index contributed by atoms with van der Waals surface area (Å²) >= 11 is 0. The first kappa shape index (κ1) is 21.1. The Morgan fingerprint density at radius 3 is 2.23 bits per heavy atom. The number of carbonyl (C=O) groups is 1. The molecule has 1 amide bonds. The monoisotopic (exact) mass is 426 g/mol. The van der Waals surface area contributed by atoms with E-state index in [4.69, 9.17) is 0 Å². The maximum absolute atomic E-state index is 12.7. The van der Waals surface area contributed by atoms with E-state index < -0.39 is 18.8 Å². The molecule has 3 heterocycles. The second kappa shape index (κ2) is 8.20. The van der Waals surface area contributed by atoms with Crippen molar-refractivity contribution in [3.8, 4) is 0 Å². The van der Waals surface area contributed by atoms with Crippen molar-refractivity contribution in [3.05, 3.63) is 12.4 Å². The number of piperidine rings is 1. The molecular formula is C20H29F3N6O. The average Bonchev–Trinajstić information content (AvgIpc) is 3.46. The highest BCUT2D eigenvalue weighted by Crippen LogP contribution is 2.36. The first-order valence-corrected chi connectivity index (χ1v) is 10.6. The smallest absolute Gasteiger partial charge is 0.363 e. The molecule has 1 atom stereocenters. The Bertz CT molecular complexity index is 761. The molecule has 0 radical (unpaired) electrons. The molecule has 4 rings (SSSR count). The highest BCUT2D eigenvalue weighted by Gasteiger charge is 2.43. The molecule has 2 saturated heterocycles. The van der Waals surface area contributed by atoms with Gasteiger partial charge in [0.25, 0.3) is 0 Å². The van der Waals surface area contributed by atoms with Crippen LogP contribution in [-0.4, -0.2) is 90.3 Å². The van der Waals surface area contributed by atoms with E-state index in [9.17, 15) is 18.0 Å². The number of nitrogens with zero attached hydrogens (tertiary/aromatic N) is 6. The van der Waals surface area contributed by atoms with E-state index in [2.05, 4.69) is 19.8 Å². The van der Waals surface area contributed by atoms with Crippen LogP contribution in [0.4, 0.5) is 24.8 Å². The van der Waals surface area contributed by atoms with Gasteiger partial charge in [0.2, 0.25) is 5.91 Å². The molecule has 3 fully saturated rings. The van der Waals surface area contributed by atoms with Crippen LogP contribution in [0, 0.1) is 0 Å². The van der Waals surface area contributed by atoms with Gasteiger partial charge in [0.1, 0.15) is 24.5 Å². The van der Waals surface area contributed by atoms with Gasteiger partial charge in [-0.1, -0.05) is 0 Å². The fourth-order valence-corrected chi connectivity index (χ4v) is 4.66. The third kappa shape index (κ3) is 4.63. The van der Waals surface area contributed by atoms with Gasteiger partial charge in [0.15, 0.2) is 0 Å². The summed E-state index contributed by atoms with van der Waals surface area (Å²) in [5.74, 6) is 1.42. The van der Waals surface area contributed by atoms with Crippen LogP contribution < -0.4 is 9.80 Å². The molecule has 1 unspecified atom stereocenters. The molecule has 1 aromatic heterocycles. The van der Waals surface area contributed by atoms with Gasteiger partial charge in [-0.25, -0.2) is 9.97 Å². The normalized spacial score (nSPS) is 23.8. The van der Waals surface area contributed by atoms with Crippen LogP contribution in [0.5, 0.6) is 0 Å². The Hall–Kier alpha value is -2.10. The van der Waals surface area contributed by atoms with E-state index in [1.54, 1.807) is 6.33 Å². The summed E-state index contributed by atoms with van der Waals surface area (Å²) in [5.41, 5.74) is 0. The zero-order chi connectivity index (χ0) is 21.5. The Labute approximate surface area is 174 Å². The van der Waals surface area contributed by atoms with Crippen molar-refractivity contribution >= 4 is 17.5 Å². The number of carbonyl (C=O) groups excluding carboxylic acids is 1. The van der Waals surface area contributed by atoms with Gasteiger partial charge in [-0.2, -0.15) is 13.2 Å². The fraction of sp³-hybridized carbons (Fsp3) is 0.750. The molecule has 166 valence electrons. The lowest BCUT2D eigenvalue weighted by atomic mass is 10.0. The number of amides is 1. The predicted molar refractivity (Wildman–Crippen MR) is 107 cm³/mol. The van der Waals surface area contributed by atoms with Crippen molar-refractivity contribution in [2.75, 3.05) is 50.1 Å². The van der Waals surface area contributed by atoms with Crippen molar-refractivity contribution in [3.63, 3.8) is 0 Å². The SMILES string of the molecule is CN(C)c1cc(N(C2CC2)C2CCN(C3CCN(CC(F)(F)F)C3=O)CC2)ncn1. The molecule has 3 aliphatic rings. The van der Waals surface area contributed by atoms with Crippen LogP contribution in [0.2, 0.25) is 0 Å².